The van der Waals surface area contributed by atoms with Gasteiger partial charge in [-0.2, -0.15) is 0 Å². The summed E-state index contributed by atoms with van der Waals surface area (Å²) in [5, 5.41) is 22.0. The van der Waals surface area contributed by atoms with Crippen LogP contribution in [0.3, 0.4) is 0 Å². The summed E-state index contributed by atoms with van der Waals surface area (Å²) >= 11 is 5.97. The molecule has 2 atom stereocenters. The van der Waals surface area contributed by atoms with Crippen LogP contribution in [-0.2, 0) is 22.4 Å². The molecule has 184 valence electrons. The fraction of sp³-hybridized carbons (Fsp3) is 0.357. The summed E-state index contributed by atoms with van der Waals surface area (Å²) in [7, 11) is 0. The predicted molar refractivity (Wildman–Crippen MR) is 139 cm³/mol. The lowest BCUT2D eigenvalue weighted by molar-refractivity contribution is -0.132. The van der Waals surface area contributed by atoms with Crippen molar-refractivity contribution in [1.82, 2.24) is 16.0 Å². The third kappa shape index (κ3) is 7.04. The standard InChI is InChI=1S/C28H32ClN3O3/c29-24-9-6-19(7-10-24)16-25(18-33)31-28(35)26(32-27(34)22-11-13-30-14-12-22)17-20-5-8-21-3-1-2-4-23(21)15-20/h1-10,15,22,25-26,30,33H,11-14,16-18H2,(H,31,35)(H,32,34)/t25-,26-/m1/s1. The zero-order valence-corrected chi connectivity index (χ0v) is 20.4. The average molecular weight is 494 g/mol. The van der Waals surface area contributed by atoms with E-state index in [-0.39, 0.29) is 24.3 Å². The van der Waals surface area contributed by atoms with Gasteiger partial charge in [0.05, 0.1) is 12.6 Å². The minimum Gasteiger partial charge on any atom is -0.394 e. The van der Waals surface area contributed by atoms with Gasteiger partial charge in [0, 0.05) is 17.4 Å². The molecule has 0 aliphatic carbocycles. The van der Waals surface area contributed by atoms with Crippen LogP contribution in [0.25, 0.3) is 10.8 Å². The Morgan fingerprint density at radius 2 is 1.60 bits per heavy atom. The molecule has 0 radical (unpaired) electrons. The SMILES string of the molecule is O=C(N[C@H](Cc1ccc2ccccc2c1)C(=O)N[C@@H](CO)Cc1ccc(Cl)cc1)C1CCNCC1. The third-order valence-corrected chi connectivity index (χ3v) is 6.81. The first kappa shape index (κ1) is 25.2. The van der Waals surface area contributed by atoms with Crippen LogP contribution in [0, 0.1) is 5.92 Å². The summed E-state index contributed by atoms with van der Waals surface area (Å²) < 4.78 is 0. The molecule has 1 fully saturated rings. The first-order valence-electron chi connectivity index (χ1n) is 12.2. The molecule has 0 bridgehead atoms. The monoisotopic (exact) mass is 493 g/mol. The number of fused-ring (bicyclic) bond motifs is 1. The molecule has 35 heavy (non-hydrogen) atoms. The number of hydrogen-bond donors (Lipinski definition) is 4. The number of rotatable bonds is 9. The summed E-state index contributed by atoms with van der Waals surface area (Å²) in [6, 6.07) is 20.3. The van der Waals surface area contributed by atoms with Crippen molar-refractivity contribution in [2.24, 2.45) is 5.92 Å². The van der Waals surface area contributed by atoms with Gasteiger partial charge in [-0.1, -0.05) is 66.2 Å². The maximum atomic E-state index is 13.4. The molecule has 6 nitrogen and oxygen atoms in total. The number of carbonyl (C=O) groups is 2. The molecule has 4 N–H and O–H groups in total. The van der Waals surface area contributed by atoms with E-state index >= 15 is 0 Å². The molecule has 1 aliphatic rings. The Kier molecular flexibility index (Phi) is 8.74. The second kappa shape index (κ2) is 12.2. The van der Waals surface area contributed by atoms with Crippen LogP contribution in [-0.4, -0.2) is 48.7 Å². The van der Waals surface area contributed by atoms with Gasteiger partial charge in [-0.3, -0.25) is 9.59 Å². The number of benzene rings is 3. The molecule has 1 heterocycles. The van der Waals surface area contributed by atoms with Crippen molar-refractivity contribution in [2.45, 2.75) is 37.8 Å². The van der Waals surface area contributed by atoms with E-state index in [2.05, 4.69) is 22.0 Å². The molecule has 3 aromatic carbocycles. The van der Waals surface area contributed by atoms with Gasteiger partial charge in [-0.05, 0) is 66.4 Å². The predicted octanol–water partition coefficient (Wildman–Crippen LogP) is 3.24. The summed E-state index contributed by atoms with van der Waals surface area (Å²) in [6.07, 6.45) is 2.34. The van der Waals surface area contributed by atoms with Gasteiger partial charge in [0.25, 0.3) is 0 Å². The molecule has 0 unspecified atom stereocenters. The van der Waals surface area contributed by atoms with Crippen molar-refractivity contribution in [3.8, 4) is 0 Å². The first-order valence-corrected chi connectivity index (χ1v) is 12.5. The van der Waals surface area contributed by atoms with E-state index in [4.69, 9.17) is 11.6 Å². The fourth-order valence-electron chi connectivity index (χ4n) is 4.55. The van der Waals surface area contributed by atoms with E-state index in [0.717, 1.165) is 47.8 Å². The Hall–Kier alpha value is -2.93. The van der Waals surface area contributed by atoms with Gasteiger partial charge in [0.2, 0.25) is 11.8 Å². The Morgan fingerprint density at radius 1 is 0.914 bits per heavy atom. The van der Waals surface area contributed by atoms with Crippen molar-refractivity contribution in [1.29, 1.82) is 0 Å². The zero-order chi connectivity index (χ0) is 24.6. The lowest BCUT2D eigenvalue weighted by atomic mass is 9.95. The van der Waals surface area contributed by atoms with Gasteiger partial charge in [0.15, 0.2) is 0 Å². The van der Waals surface area contributed by atoms with Crippen LogP contribution in [0.4, 0.5) is 0 Å². The molecular weight excluding hydrogens is 462 g/mol. The van der Waals surface area contributed by atoms with Crippen LogP contribution in [0.5, 0.6) is 0 Å². The topological polar surface area (TPSA) is 90.5 Å². The van der Waals surface area contributed by atoms with Gasteiger partial charge in [0.1, 0.15) is 6.04 Å². The summed E-state index contributed by atoms with van der Waals surface area (Å²) in [4.78, 5) is 26.4. The zero-order valence-electron chi connectivity index (χ0n) is 19.7. The number of piperidine rings is 1. The highest BCUT2D eigenvalue weighted by Crippen LogP contribution is 2.18. The third-order valence-electron chi connectivity index (χ3n) is 6.56. The first-order chi connectivity index (χ1) is 17.0. The van der Waals surface area contributed by atoms with Crippen LogP contribution in [0.15, 0.2) is 66.7 Å². The number of aliphatic hydroxyl groups excluding tert-OH is 1. The van der Waals surface area contributed by atoms with Gasteiger partial charge in [-0.15, -0.1) is 0 Å². The Morgan fingerprint density at radius 3 is 2.31 bits per heavy atom. The molecule has 0 spiro atoms. The number of amides is 2. The molecule has 3 aromatic rings. The van der Waals surface area contributed by atoms with Crippen molar-refractivity contribution in [3.05, 3.63) is 82.9 Å². The van der Waals surface area contributed by atoms with Gasteiger partial charge in [-0.25, -0.2) is 0 Å². The number of aliphatic hydroxyl groups is 1. The molecule has 7 heteroatoms. The molecular formula is C28H32ClN3O3. The number of carbonyl (C=O) groups excluding carboxylic acids is 2. The maximum absolute atomic E-state index is 13.4. The molecule has 0 aromatic heterocycles. The number of nitrogens with one attached hydrogen (secondary N) is 3. The average Bonchev–Trinajstić information content (AvgIpc) is 2.89. The van der Waals surface area contributed by atoms with Gasteiger partial charge < -0.3 is 21.1 Å². The Labute approximate surface area is 211 Å². The number of halogens is 1. The highest BCUT2D eigenvalue weighted by Gasteiger charge is 2.28. The molecule has 0 saturated carbocycles. The fourth-order valence-corrected chi connectivity index (χ4v) is 4.68. The number of hydrogen-bond acceptors (Lipinski definition) is 4. The minimum absolute atomic E-state index is 0.0920. The largest absolute Gasteiger partial charge is 0.394 e. The Bertz CT molecular complexity index is 1150. The van der Waals surface area contributed by atoms with Crippen LogP contribution >= 0.6 is 11.6 Å². The lowest BCUT2D eigenvalue weighted by Gasteiger charge is -2.26. The molecule has 4 rings (SSSR count). The maximum Gasteiger partial charge on any atom is 0.243 e. The van der Waals surface area contributed by atoms with E-state index in [1.165, 1.54) is 0 Å². The highest BCUT2D eigenvalue weighted by atomic mass is 35.5. The highest BCUT2D eigenvalue weighted by molar-refractivity contribution is 6.30. The van der Waals surface area contributed by atoms with Crippen LogP contribution in [0.2, 0.25) is 5.02 Å². The van der Waals surface area contributed by atoms with Crippen molar-refractivity contribution in [3.63, 3.8) is 0 Å². The minimum atomic E-state index is -0.738. The second-order valence-electron chi connectivity index (χ2n) is 9.19. The molecule has 1 aliphatic heterocycles. The van der Waals surface area contributed by atoms with E-state index in [0.29, 0.717) is 17.9 Å². The second-order valence-corrected chi connectivity index (χ2v) is 9.63. The molecule has 2 amide bonds. The van der Waals surface area contributed by atoms with E-state index in [9.17, 15) is 14.7 Å². The van der Waals surface area contributed by atoms with Crippen LogP contribution in [0.1, 0.15) is 24.0 Å². The smallest absolute Gasteiger partial charge is 0.243 e. The van der Waals surface area contributed by atoms with Crippen molar-refractivity contribution < 1.29 is 14.7 Å². The summed E-state index contributed by atoms with van der Waals surface area (Å²) in [5.41, 5.74) is 1.92. The normalized spacial score (nSPS) is 15.9. The van der Waals surface area contributed by atoms with E-state index in [1.807, 2.05) is 48.5 Å². The molecule has 1 saturated heterocycles. The summed E-state index contributed by atoms with van der Waals surface area (Å²) in [5.74, 6) is -0.495. The van der Waals surface area contributed by atoms with E-state index < -0.39 is 12.1 Å². The van der Waals surface area contributed by atoms with Crippen LogP contribution < -0.4 is 16.0 Å². The van der Waals surface area contributed by atoms with Crippen molar-refractivity contribution in [2.75, 3.05) is 19.7 Å². The van der Waals surface area contributed by atoms with Crippen molar-refractivity contribution >= 4 is 34.2 Å². The van der Waals surface area contributed by atoms with E-state index in [1.54, 1.807) is 12.1 Å². The quantitative estimate of drug-likeness (QED) is 0.368. The summed E-state index contributed by atoms with van der Waals surface area (Å²) in [6.45, 7) is 1.39. The Balaban J connectivity index is 1.49. The van der Waals surface area contributed by atoms with Gasteiger partial charge >= 0.3 is 0 Å². The lowest BCUT2D eigenvalue weighted by Crippen LogP contribution is -2.53.